The predicted molar refractivity (Wildman–Crippen MR) is 108 cm³/mol. The van der Waals surface area contributed by atoms with E-state index < -0.39 is 11.8 Å². The summed E-state index contributed by atoms with van der Waals surface area (Å²) in [5.74, 6) is -1.41. The minimum Gasteiger partial charge on any atom is -0.317 e. The van der Waals surface area contributed by atoms with Crippen molar-refractivity contribution in [3.8, 4) is 5.69 Å². The van der Waals surface area contributed by atoms with Gasteiger partial charge < -0.3 is 4.57 Å². The molecule has 1 fully saturated rings. The summed E-state index contributed by atoms with van der Waals surface area (Å²) in [5, 5.41) is 2.59. The SMILES string of the molecule is O=C1NC(=S)N(c2ccccc2)C(=O)/C1=C/c1cccn1-c1ccc(F)cc1. The van der Waals surface area contributed by atoms with Crippen molar-refractivity contribution in [2.24, 2.45) is 0 Å². The third kappa shape index (κ3) is 3.23. The molecule has 2 heterocycles. The lowest BCUT2D eigenvalue weighted by Crippen LogP contribution is -2.54. The molecule has 138 valence electrons. The summed E-state index contributed by atoms with van der Waals surface area (Å²) >= 11 is 5.18. The number of aromatic nitrogens is 1. The largest absolute Gasteiger partial charge is 0.317 e. The second kappa shape index (κ2) is 7.21. The fourth-order valence-electron chi connectivity index (χ4n) is 2.97. The number of carbonyl (C=O) groups is 2. The summed E-state index contributed by atoms with van der Waals surface area (Å²) in [6.07, 6.45) is 3.27. The highest BCUT2D eigenvalue weighted by atomic mass is 32.1. The Kier molecular flexibility index (Phi) is 4.58. The van der Waals surface area contributed by atoms with Crippen molar-refractivity contribution in [1.82, 2.24) is 9.88 Å². The monoisotopic (exact) mass is 391 g/mol. The summed E-state index contributed by atoms with van der Waals surface area (Å²) in [4.78, 5) is 26.7. The topological polar surface area (TPSA) is 54.3 Å². The van der Waals surface area contributed by atoms with Crippen LogP contribution in [-0.2, 0) is 9.59 Å². The van der Waals surface area contributed by atoms with Crippen LogP contribution < -0.4 is 10.2 Å². The first-order valence-electron chi connectivity index (χ1n) is 8.44. The van der Waals surface area contributed by atoms with Crippen LogP contribution in [0.4, 0.5) is 10.1 Å². The maximum Gasteiger partial charge on any atom is 0.270 e. The molecule has 0 unspecified atom stereocenters. The smallest absolute Gasteiger partial charge is 0.270 e. The summed E-state index contributed by atoms with van der Waals surface area (Å²) in [6, 6.07) is 18.3. The van der Waals surface area contributed by atoms with E-state index in [0.717, 1.165) is 0 Å². The maximum atomic E-state index is 13.2. The van der Waals surface area contributed by atoms with Gasteiger partial charge in [0.1, 0.15) is 11.4 Å². The molecule has 2 amide bonds. The Hall–Kier alpha value is -3.58. The highest BCUT2D eigenvalue weighted by molar-refractivity contribution is 7.80. The van der Waals surface area contributed by atoms with Crippen LogP contribution in [0.5, 0.6) is 0 Å². The molecule has 1 saturated heterocycles. The molecule has 0 aliphatic carbocycles. The summed E-state index contributed by atoms with van der Waals surface area (Å²) in [5.41, 5.74) is 1.83. The van der Waals surface area contributed by atoms with Gasteiger partial charge >= 0.3 is 0 Å². The molecule has 1 aliphatic heterocycles. The van der Waals surface area contributed by atoms with E-state index in [9.17, 15) is 14.0 Å². The first kappa shape index (κ1) is 17.8. The molecule has 0 atom stereocenters. The molecule has 2 aromatic carbocycles. The molecular formula is C21H14FN3O2S. The lowest BCUT2D eigenvalue weighted by atomic mass is 10.1. The van der Waals surface area contributed by atoms with Gasteiger partial charge in [0.25, 0.3) is 11.8 Å². The van der Waals surface area contributed by atoms with E-state index in [1.165, 1.54) is 23.1 Å². The van der Waals surface area contributed by atoms with Gasteiger partial charge in [0.2, 0.25) is 0 Å². The molecule has 0 bridgehead atoms. The molecule has 1 aromatic heterocycles. The van der Waals surface area contributed by atoms with Crippen LogP contribution in [0.2, 0.25) is 0 Å². The number of hydrogen-bond donors (Lipinski definition) is 1. The van der Waals surface area contributed by atoms with Gasteiger partial charge in [-0.25, -0.2) is 4.39 Å². The summed E-state index contributed by atoms with van der Waals surface area (Å²) in [6.45, 7) is 0. The van der Waals surface area contributed by atoms with Crippen LogP contribution >= 0.6 is 12.2 Å². The molecule has 0 saturated carbocycles. The number of rotatable bonds is 3. The molecule has 4 rings (SSSR count). The number of halogens is 1. The third-order valence-corrected chi connectivity index (χ3v) is 4.58. The van der Waals surface area contributed by atoms with Crippen LogP contribution in [0.15, 0.2) is 78.5 Å². The van der Waals surface area contributed by atoms with Gasteiger partial charge in [-0.15, -0.1) is 0 Å². The molecule has 28 heavy (non-hydrogen) atoms. The first-order valence-corrected chi connectivity index (χ1v) is 8.85. The molecule has 0 spiro atoms. The van der Waals surface area contributed by atoms with E-state index in [1.54, 1.807) is 59.3 Å². The third-order valence-electron chi connectivity index (χ3n) is 4.29. The quantitative estimate of drug-likeness (QED) is 0.423. The van der Waals surface area contributed by atoms with E-state index in [-0.39, 0.29) is 16.5 Å². The zero-order chi connectivity index (χ0) is 19.7. The maximum absolute atomic E-state index is 13.2. The van der Waals surface area contributed by atoms with Gasteiger partial charge in [0.15, 0.2) is 5.11 Å². The van der Waals surface area contributed by atoms with E-state index >= 15 is 0 Å². The normalized spacial score (nSPS) is 15.8. The van der Waals surface area contributed by atoms with Gasteiger partial charge in [-0.1, -0.05) is 18.2 Å². The van der Waals surface area contributed by atoms with Crippen molar-refractivity contribution in [3.05, 3.63) is 90.0 Å². The van der Waals surface area contributed by atoms with Crippen LogP contribution in [0, 0.1) is 5.82 Å². The van der Waals surface area contributed by atoms with E-state index in [1.807, 2.05) is 6.07 Å². The van der Waals surface area contributed by atoms with Crippen molar-refractivity contribution in [3.63, 3.8) is 0 Å². The van der Waals surface area contributed by atoms with E-state index in [0.29, 0.717) is 17.1 Å². The Balaban J connectivity index is 1.74. The molecular weight excluding hydrogens is 377 g/mol. The summed E-state index contributed by atoms with van der Waals surface area (Å²) < 4.78 is 15.0. The minimum atomic E-state index is -0.561. The molecule has 5 nitrogen and oxygen atoms in total. The number of carbonyl (C=O) groups excluding carboxylic acids is 2. The first-order chi connectivity index (χ1) is 13.5. The van der Waals surface area contributed by atoms with Gasteiger partial charge in [0.05, 0.1) is 5.69 Å². The number of amides is 2. The Morgan fingerprint density at radius 3 is 2.32 bits per heavy atom. The van der Waals surface area contributed by atoms with Crippen molar-refractivity contribution in [1.29, 1.82) is 0 Å². The Morgan fingerprint density at radius 1 is 0.893 bits per heavy atom. The average Bonchev–Trinajstić information content (AvgIpc) is 3.15. The molecule has 0 radical (unpaired) electrons. The molecule has 1 N–H and O–H groups in total. The van der Waals surface area contributed by atoms with Gasteiger partial charge in [-0.3, -0.25) is 19.8 Å². The van der Waals surface area contributed by atoms with Crippen LogP contribution in [0.25, 0.3) is 11.8 Å². The van der Waals surface area contributed by atoms with Gasteiger partial charge in [-0.05, 0) is 66.8 Å². The van der Waals surface area contributed by atoms with Crippen molar-refractivity contribution >= 4 is 40.9 Å². The minimum absolute atomic E-state index is 0.0345. The highest BCUT2D eigenvalue weighted by Gasteiger charge is 2.34. The average molecular weight is 391 g/mol. The van der Waals surface area contributed by atoms with Crippen LogP contribution in [0.3, 0.4) is 0 Å². The number of thiocarbonyl (C=S) groups is 1. The van der Waals surface area contributed by atoms with Gasteiger partial charge in [-0.2, -0.15) is 0 Å². The second-order valence-electron chi connectivity index (χ2n) is 6.07. The van der Waals surface area contributed by atoms with E-state index in [2.05, 4.69) is 5.32 Å². The fraction of sp³-hybridized carbons (Fsp3) is 0. The lowest BCUT2D eigenvalue weighted by molar-refractivity contribution is -0.122. The number of nitrogens with one attached hydrogen (secondary N) is 1. The Bertz CT molecular complexity index is 1100. The van der Waals surface area contributed by atoms with Crippen LogP contribution in [0.1, 0.15) is 5.69 Å². The van der Waals surface area contributed by atoms with Gasteiger partial charge in [0, 0.05) is 17.6 Å². The molecule has 1 aliphatic rings. The molecule has 7 heteroatoms. The number of nitrogens with zero attached hydrogens (tertiary/aromatic N) is 2. The molecule has 3 aromatic rings. The number of anilines is 1. The lowest BCUT2D eigenvalue weighted by Gasteiger charge is -2.28. The number of benzene rings is 2. The summed E-state index contributed by atoms with van der Waals surface area (Å²) in [7, 11) is 0. The highest BCUT2D eigenvalue weighted by Crippen LogP contribution is 2.23. The number of hydrogen-bond acceptors (Lipinski definition) is 3. The van der Waals surface area contributed by atoms with Crippen LogP contribution in [-0.4, -0.2) is 21.5 Å². The Morgan fingerprint density at radius 2 is 1.61 bits per heavy atom. The fourth-order valence-corrected chi connectivity index (χ4v) is 3.25. The zero-order valence-corrected chi connectivity index (χ0v) is 15.3. The van der Waals surface area contributed by atoms with Crippen molar-refractivity contribution in [2.75, 3.05) is 4.90 Å². The van der Waals surface area contributed by atoms with Crippen molar-refractivity contribution in [2.45, 2.75) is 0 Å². The predicted octanol–water partition coefficient (Wildman–Crippen LogP) is 3.45. The van der Waals surface area contributed by atoms with E-state index in [4.69, 9.17) is 12.2 Å². The Labute approximate surface area is 165 Å². The zero-order valence-electron chi connectivity index (χ0n) is 14.5. The second-order valence-corrected chi connectivity index (χ2v) is 6.46. The number of para-hydroxylation sites is 1. The standard InChI is InChI=1S/C21H14FN3O2S/c22-14-8-10-15(11-9-14)24-12-4-7-17(24)13-18-19(26)23-21(28)25(20(18)27)16-5-2-1-3-6-16/h1-13H,(H,23,26,28)/b18-13+. The van der Waals surface area contributed by atoms with Crippen molar-refractivity contribution < 1.29 is 14.0 Å².